The van der Waals surface area contributed by atoms with E-state index in [1.807, 2.05) is 12.4 Å². The fourth-order valence-electron chi connectivity index (χ4n) is 4.27. The minimum absolute atomic E-state index is 1.05. The van der Waals surface area contributed by atoms with E-state index in [0.717, 1.165) is 6.54 Å². The van der Waals surface area contributed by atoms with E-state index in [1.54, 1.807) is 11.3 Å². The van der Waals surface area contributed by atoms with Crippen molar-refractivity contribution in [1.29, 1.82) is 0 Å². The minimum Gasteiger partial charge on any atom is -0.367 e. The summed E-state index contributed by atoms with van der Waals surface area (Å²) < 4.78 is 0. The van der Waals surface area contributed by atoms with E-state index in [4.69, 9.17) is 0 Å². The van der Waals surface area contributed by atoms with Crippen LogP contribution in [0.2, 0.25) is 0 Å². The number of likely N-dealkylation sites (tertiary alicyclic amines) is 1. The van der Waals surface area contributed by atoms with Gasteiger partial charge in [-0.15, -0.1) is 0 Å². The summed E-state index contributed by atoms with van der Waals surface area (Å²) in [6.45, 7) is 6.09. The Morgan fingerprint density at radius 3 is 2.73 bits per heavy atom. The van der Waals surface area contributed by atoms with E-state index in [0.29, 0.717) is 0 Å². The zero-order valence-electron chi connectivity index (χ0n) is 15.2. The van der Waals surface area contributed by atoms with Crippen LogP contribution in [-0.2, 0) is 0 Å². The molecule has 3 nitrogen and oxygen atoms in total. The van der Waals surface area contributed by atoms with Crippen molar-refractivity contribution < 1.29 is 0 Å². The maximum absolute atomic E-state index is 4.51. The molecule has 4 heterocycles. The number of hydrogen-bond donors (Lipinski definition) is 0. The molecule has 0 bridgehead atoms. The predicted molar refractivity (Wildman–Crippen MR) is 109 cm³/mol. The molecule has 5 rings (SSSR count). The van der Waals surface area contributed by atoms with Gasteiger partial charge in [-0.05, 0) is 84.6 Å². The van der Waals surface area contributed by atoms with Crippen LogP contribution in [0.4, 0.5) is 0 Å². The van der Waals surface area contributed by atoms with Gasteiger partial charge in [-0.1, -0.05) is 6.42 Å². The number of rotatable bonds is 6. The molecule has 0 unspecified atom stereocenters. The molecule has 2 aliphatic heterocycles. The number of aromatic nitrogens is 1. The predicted octanol–water partition coefficient (Wildman–Crippen LogP) is 4.65. The Balaban J connectivity index is 1.21. The highest BCUT2D eigenvalue weighted by Gasteiger charge is 2.34. The van der Waals surface area contributed by atoms with Crippen molar-refractivity contribution >= 4 is 16.9 Å². The first-order chi connectivity index (χ1) is 12.9. The third-order valence-electron chi connectivity index (χ3n) is 5.78. The first-order valence-electron chi connectivity index (χ1n) is 9.79. The van der Waals surface area contributed by atoms with Crippen molar-refractivity contribution in [3.8, 4) is 11.1 Å². The van der Waals surface area contributed by atoms with E-state index in [-0.39, 0.29) is 0 Å². The highest BCUT2D eigenvalue weighted by molar-refractivity contribution is 7.08. The lowest BCUT2D eigenvalue weighted by atomic mass is 10.0. The van der Waals surface area contributed by atoms with Crippen LogP contribution in [0.5, 0.6) is 0 Å². The van der Waals surface area contributed by atoms with Crippen LogP contribution in [0.1, 0.15) is 31.2 Å². The van der Waals surface area contributed by atoms with Gasteiger partial charge in [0.25, 0.3) is 0 Å². The minimum atomic E-state index is 1.05. The van der Waals surface area contributed by atoms with Crippen LogP contribution in [0, 0.1) is 0 Å². The molecule has 0 saturated carbocycles. The zero-order valence-corrected chi connectivity index (χ0v) is 16.0. The number of hydrogen-bond acceptors (Lipinski definition) is 4. The van der Waals surface area contributed by atoms with E-state index < -0.39 is 0 Å². The topological polar surface area (TPSA) is 19.4 Å². The van der Waals surface area contributed by atoms with Crippen molar-refractivity contribution in [1.82, 2.24) is 14.8 Å². The Morgan fingerprint density at radius 1 is 1.00 bits per heavy atom. The molecule has 0 amide bonds. The maximum atomic E-state index is 4.51. The van der Waals surface area contributed by atoms with Gasteiger partial charge in [0, 0.05) is 42.3 Å². The van der Waals surface area contributed by atoms with Gasteiger partial charge in [-0.2, -0.15) is 11.3 Å². The summed E-state index contributed by atoms with van der Waals surface area (Å²) >= 11 is 1.74. The lowest BCUT2D eigenvalue weighted by molar-refractivity contribution is 0.218. The molecule has 0 radical (unpaired) electrons. The van der Waals surface area contributed by atoms with Crippen molar-refractivity contribution in [3.63, 3.8) is 0 Å². The van der Waals surface area contributed by atoms with Crippen LogP contribution in [0.25, 0.3) is 16.7 Å². The second-order valence-corrected chi connectivity index (χ2v) is 8.35. The van der Waals surface area contributed by atoms with E-state index in [9.17, 15) is 0 Å². The molecule has 2 aromatic rings. The molecule has 0 N–H and O–H groups in total. The normalized spacial score (nSPS) is 19.7. The van der Waals surface area contributed by atoms with Gasteiger partial charge in [0.2, 0.25) is 0 Å². The number of thiophene rings is 1. The first kappa shape index (κ1) is 16.3. The summed E-state index contributed by atoms with van der Waals surface area (Å²) in [6.07, 6.45) is 11.8. The molecule has 1 fully saturated rings. The smallest absolute Gasteiger partial charge is 0.0454 e. The fourth-order valence-corrected chi connectivity index (χ4v) is 4.94. The van der Waals surface area contributed by atoms with Crippen molar-refractivity contribution in [2.75, 3.05) is 32.7 Å². The summed E-state index contributed by atoms with van der Waals surface area (Å²) in [4.78, 5) is 9.71. The largest absolute Gasteiger partial charge is 0.367 e. The Kier molecular flexibility index (Phi) is 4.39. The summed E-state index contributed by atoms with van der Waals surface area (Å²) in [7, 11) is 0. The quantitative estimate of drug-likeness (QED) is 0.744. The molecular formula is C22H25N3S. The average molecular weight is 364 g/mol. The lowest BCUT2D eigenvalue weighted by Crippen LogP contribution is -2.32. The van der Waals surface area contributed by atoms with E-state index in [2.05, 4.69) is 43.8 Å². The second kappa shape index (κ2) is 7.01. The molecule has 134 valence electrons. The highest BCUT2D eigenvalue weighted by atomic mass is 32.1. The Morgan fingerprint density at radius 2 is 1.88 bits per heavy atom. The Labute approximate surface area is 159 Å². The molecule has 1 saturated heterocycles. The monoisotopic (exact) mass is 363 g/mol. The standard InChI is InChI=1S/C22H25N3S/c1-2-6-24(7-3-1)8-4-9-25-15-21(20-12-22(20)25)19-11-18(13-23-14-19)17-5-10-26-16-17/h5,10-14,16H,1-4,6-9,15H2. The fraction of sp³-hybridized carbons (Fsp3) is 0.409. The number of allylic oxidation sites excluding steroid dienone is 2. The lowest BCUT2D eigenvalue weighted by Gasteiger charge is -2.27. The summed E-state index contributed by atoms with van der Waals surface area (Å²) in [5.41, 5.74) is 8.18. The van der Waals surface area contributed by atoms with Gasteiger partial charge in [0.15, 0.2) is 0 Å². The third kappa shape index (κ3) is 3.24. The third-order valence-corrected chi connectivity index (χ3v) is 6.46. The van der Waals surface area contributed by atoms with Gasteiger partial charge < -0.3 is 9.80 Å². The summed E-state index contributed by atoms with van der Waals surface area (Å²) in [6, 6.07) is 4.48. The average Bonchev–Trinajstić information content (AvgIpc) is 3.13. The molecule has 3 aliphatic rings. The zero-order chi connectivity index (χ0) is 17.3. The Bertz CT molecular complexity index is 844. The van der Waals surface area contributed by atoms with Gasteiger partial charge in [0.05, 0.1) is 0 Å². The Hall–Kier alpha value is -1.91. The molecule has 2 aromatic heterocycles. The van der Waals surface area contributed by atoms with E-state index in [1.165, 1.54) is 85.4 Å². The SMILES string of the molecule is C1=C2C1=C(c1cncc(-c3ccsc3)c1)CN2CCCN1CCCCC1. The van der Waals surface area contributed by atoms with Crippen LogP contribution in [-0.4, -0.2) is 47.5 Å². The molecule has 1 aliphatic carbocycles. The van der Waals surface area contributed by atoms with Crippen LogP contribution in [0.3, 0.4) is 0 Å². The molecule has 26 heavy (non-hydrogen) atoms. The highest BCUT2D eigenvalue weighted by Crippen LogP contribution is 2.45. The van der Waals surface area contributed by atoms with Gasteiger partial charge in [0.1, 0.15) is 0 Å². The molecule has 0 aromatic carbocycles. The van der Waals surface area contributed by atoms with E-state index >= 15 is 0 Å². The summed E-state index contributed by atoms with van der Waals surface area (Å²) in [5.74, 6) is 0. The van der Waals surface area contributed by atoms with Crippen LogP contribution >= 0.6 is 11.3 Å². The van der Waals surface area contributed by atoms with Crippen molar-refractivity contribution in [2.24, 2.45) is 0 Å². The number of pyridine rings is 1. The molecular weight excluding hydrogens is 338 g/mol. The van der Waals surface area contributed by atoms with Crippen molar-refractivity contribution in [3.05, 3.63) is 58.2 Å². The number of piperidine rings is 1. The van der Waals surface area contributed by atoms with Gasteiger partial charge >= 0.3 is 0 Å². The second-order valence-electron chi connectivity index (χ2n) is 7.57. The van der Waals surface area contributed by atoms with Crippen LogP contribution < -0.4 is 0 Å². The molecule has 0 spiro atoms. The molecule has 0 atom stereocenters. The van der Waals surface area contributed by atoms with Gasteiger partial charge in [-0.25, -0.2) is 0 Å². The van der Waals surface area contributed by atoms with Gasteiger partial charge in [-0.3, -0.25) is 4.98 Å². The summed E-state index contributed by atoms with van der Waals surface area (Å²) in [5, 5.41) is 4.32. The number of nitrogens with zero attached hydrogens (tertiary/aromatic N) is 3. The van der Waals surface area contributed by atoms with Crippen LogP contribution in [0.15, 0.2) is 52.6 Å². The van der Waals surface area contributed by atoms with Crippen molar-refractivity contribution in [2.45, 2.75) is 25.7 Å². The maximum Gasteiger partial charge on any atom is 0.0454 e. The first-order valence-corrected chi connectivity index (χ1v) is 10.7. The number of fused-ring (bicyclic) bond motifs is 1. The molecule has 4 heteroatoms.